The van der Waals surface area contributed by atoms with Gasteiger partial charge in [0.25, 0.3) is 5.69 Å². The average molecular weight is 303 g/mol. The highest BCUT2D eigenvalue weighted by atomic mass is 79.9. The number of nitrogens with zero attached hydrogens (tertiary/aromatic N) is 1. The Morgan fingerprint density at radius 1 is 1.47 bits per heavy atom. The summed E-state index contributed by atoms with van der Waals surface area (Å²) in [7, 11) is 1.08. The third-order valence-corrected chi connectivity index (χ3v) is 2.44. The van der Waals surface area contributed by atoms with E-state index in [1.54, 1.807) is 0 Å². The van der Waals surface area contributed by atoms with Crippen LogP contribution in [0.4, 0.5) is 11.4 Å². The lowest BCUT2D eigenvalue weighted by atomic mass is 10.3. The highest BCUT2D eigenvalue weighted by Gasteiger charge is 2.16. The number of methoxy groups -OCH3 is 1. The molecule has 1 rings (SSSR count). The fraction of sp³-hybridized carbons (Fsp3) is 0.111. The van der Waals surface area contributed by atoms with E-state index in [0.717, 1.165) is 7.11 Å². The van der Waals surface area contributed by atoms with E-state index in [1.807, 2.05) is 0 Å². The molecule has 0 atom stereocenters. The van der Waals surface area contributed by atoms with Gasteiger partial charge < -0.3 is 10.1 Å². The number of hydrogen-bond donors (Lipinski definition) is 1. The fourth-order valence-electron chi connectivity index (χ4n) is 0.985. The van der Waals surface area contributed by atoms with Gasteiger partial charge in [0.1, 0.15) is 0 Å². The number of nitro benzene ring substituents is 1. The maximum Gasteiger partial charge on any atom is 0.396 e. The summed E-state index contributed by atoms with van der Waals surface area (Å²) in [6.07, 6.45) is 0. The minimum absolute atomic E-state index is 0.132. The number of nitro groups is 1. The van der Waals surface area contributed by atoms with Gasteiger partial charge in [-0.1, -0.05) is 0 Å². The van der Waals surface area contributed by atoms with Crippen molar-refractivity contribution >= 4 is 39.2 Å². The Balaban J connectivity index is 2.90. The first-order valence-electron chi connectivity index (χ1n) is 4.29. The minimum atomic E-state index is -1.05. The number of non-ortho nitro benzene ring substituents is 1. The molecular formula is C9H7BrN2O5. The summed E-state index contributed by atoms with van der Waals surface area (Å²) in [5.74, 6) is -2.00. The van der Waals surface area contributed by atoms with Crippen molar-refractivity contribution in [3.8, 4) is 0 Å². The molecule has 1 aromatic rings. The molecule has 0 heterocycles. The van der Waals surface area contributed by atoms with Gasteiger partial charge in [-0.2, -0.15) is 0 Å². The molecule has 1 aromatic carbocycles. The van der Waals surface area contributed by atoms with Crippen LogP contribution in [0.25, 0.3) is 0 Å². The number of amides is 1. The van der Waals surface area contributed by atoms with Crippen LogP contribution in [0.5, 0.6) is 0 Å². The summed E-state index contributed by atoms with van der Waals surface area (Å²) in [5, 5.41) is 12.7. The average Bonchev–Trinajstić information content (AvgIpc) is 2.30. The second kappa shape index (κ2) is 5.39. The van der Waals surface area contributed by atoms with Crippen molar-refractivity contribution in [2.45, 2.75) is 0 Å². The van der Waals surface area contributed by atoms with Gasteiger partial charge in [-0.05, 0) is 22.0 Å². The first kappa shape index (κ1) is 13.1. The second-order valence-electron chi connectivity index (χ2n) is 2.87. The molecular weight excluding hydrogens is 296 g/mol. The van der Waals surface area contributed by atoms with Gasteiger partial charge in [-0.25, -0.2) is 4.79 Å². The summed E-state index contributed by atoms with van der Waals surface area (Å²) >= 11 is 3.04. The van der Waals surface area contributed by atoms with Gasteiger partial charge in [0.2, 0.25) is 0 Å². The van der Waals surface area contributed by atoms with Crippen molar-refractivity contribution in [3.05, 3.63) is 32.8 Å². The van der Waals surface area contributed by atoms with Crippen LogP contribution in [0.15, 0.2) is 22.7 Å². The predicted octanol–water partition coefficient (Wildman–Crippen LogP) is 1.47. The summed E-state index contributed by atoms with van der Waals surface area (Å²) in [6, 6.07) is 3.73. The monoisotopic (exact) mass is 302 g/mol. The quantitative estimate of drug-likeness (QED) is 0.386. The smallest absolute Gasteiger partial charge is 0.396 e. The van der Waals surface area contributed by atoms with Crippen molar-refractivity contribution in [1.82, 2.24) is 0 Å². The molecule has 1 N–H and O–H groups in total. The molecule has 0 aromatic heterocycles. The fourth-order valence-corrected chi connectivity index (χ4v) is 1.45. The number of rotatable bonds is 2. The molecule has 8 heteroatoms. The molecule has 0 aliphatic rings. The first-order chi connectivity index (χ1) is 7.95. The van der Waals surface area contributed by atoms with Gasteiger partial charge in [-0.3, -0.25) is 14.9 Å². The molecule has 0 saturated heterocycles. The Kier molecular flexibility index (Phi) is 4.16. The summed E-state index contributed by atoms with van der Waals surface area (Å²) in [6.45, 7) is 0. The van der Waals surface area contributed by atoms with E-state index in [1.165, 1.54) is 18.2 Å². The van der Waals surface area contributed by atoms with Gasteiger partial charge in [0.05, 0.1) is 17.7 Å². The van der Waals surface area contributed by atoms with Crippen molar-refractivity contribution in [2.24, 2.45) is 0 Å². The number of anilines is 1. The molecule has 7 nitrogen and oxygen atoms in total. The Hall–Kier alpha value is -1.96. The lowest BCUT2D eigenvalue weighted by Gasteiger charge is -2.05. The topological polar surface area (TPSA) is 98.5 Å². The van der Waals surface area contributed by atoms with E-state index >= 15 is 0 Å². The Morgan fingerprint density at radius 2 is 2.12 bits per heavy atom. The molecule has 0 aliphatic heterocycles. The molecule has 0 radical (unpaired) electrons. The van der Waals surface area contributed by atoms with Crippen molar-refractivity contribution in [3.63, 3.8) is 0 Å². The minimum Gasteiger partial charge on any atom is -0.462 e. The van der Waals surface area contributed by atoms with Crippen molar-refractivity contribution in [1.29, 1.82) is 0 Å². The summed E-state index contributed by atoms with van der Waals surface area (Å²) in [4.78, 5) is 31.9. The zero-order valence-corrected chi connectivity index (χ0v) is 10.2. The number of ether oxygens (including phenoxy) is 1. The molecule has 1 amide bonds. The van der Waals surface area contributed by atoms with Crippen LogP contribution >= 0.6 is 15.9 Å². The molecule has 0 aliphatic carbocycles. The Labute approximate surface area is 104 Å². The zero-order valence-electron chi connectivity index (χ0n) is 8.60. The van der Waals surface area contributed by atoms with E-state index in [2.05, 4.69) is 26.0 Å². The third kappa shape index (κ3) is 3.25. The van der Waals surface area contributed by atoms with Gasteiger partial charge >= 0.3 is 11.9 Å². The molecule has 90 valence electrons. The standard InChI is InChI=1S/C9H7BrN2O5/c1-17-9(14)8(13)11-7-3-2-5(12(15)16)4-6(7)10/h2-4H,1H3,(H,11,13). The van der Waals surface area contributed by atoms with Crippen LogP contribution in [-0.2, 0) is 14.3 Å². The number of nitrogens with one attached hydrogen (secondary N) is 1. The van der Waals surface area contributed by atoms with E-state index in [9.17, 15) is 19.7 Å². The summed E-state index contributed by atoms with van der Waals surface area (Å²) < 4.78 is 4.51. The normalized spacial score (nSPS) is 9.53. The van der Waals surface area contributed by atoms with E-state index in [0.29, 0.717) is 4.47 Å². The Morgan fingerprint density at radius 3 is 2.59 bits per heavy atom. The number of halogens is 1. The third-order valence-electron chi connectivity index (χ3n) is 1.78. The van der Waals surface area contributed by atoms with E-state index in [4.69, 9.17) is 0 Å². The molecule has 0 unspecified atom stereocenters. The van der Waals surface area contributed by atoms with E-state index < -0.39 is 16.8 Å². The maximum absolute atomic E-state index is 11.2. The number of carbonyl (C=O) groups excluding carboxylic acids is 2. The van der Waals surface area contributed by atoms with Gasteiger partial charge in [-0.15, -0.1) is 0 Å². The second-order valence-corrected chi connectivity index (χ2v) is 3.72. The largest absolute Gasteiger partial charge is 0.462 e. The number of hydrogen-bond acceptors (Lipinski definition) is 5. The molecule has 0 fully saturated rings. The molecule has 0 saturated carbocycles. The van der Waals surface area contributed by atoms with Crippen LogP contribution in [0.1, 0.15) is 0 Å². The zero-order chi connectivity index (χ0) is 13.0. The lowest BCUT2D eigenvalue weighted by Crippen LogP contribution is -2.23. The summed E-state index contributed by atoms with van der Waals surface area (Å²) in [5.41, 5.74) is 0.110. The van der Waals surface area contributed by atoms with Crippen LogP contribution < -0.4 is 5.32 Å². The molecule has 0 bridgehead atoms. The van der Waals surface area contributed by atoms with Crippen molar-refractivity contribution in [2.75, 3.05) is 12.4 Å². The first-order valence-corrected chi connectivity index (χ1v) is 5.08. The van der Waals surface area contributed by atoms with Crippen LogP contribution in [0.2, 0.25) is 0 Å². The predicted molar refractivity (Wildman–Crippen MR) is 61.4 cm³/mol. The highest BCUT2D eigenvalue weighted by molar-refractivity contribution is 9.10. The van der Waals surface area contributed by atoms with Crippen molar-refractivity contribution < 1.29 is 19.2 Å². The lowest BCUT2D eigenvalue weighted by molar-refractivity contribution is -0.384. The highest BCUT2D eigenvalue weighted by Crippen LogP contribution is 2.26. The van der Waals surface area contributed by atoms with Crippen LogP contribution in [-0.4, -0.2) is 23.9 Å². The molecule has 0 spiro atoms. The SMILES string of the molecule is COC(=O)C(=O)Nc1ccc([N+](=O)[O-])cc1Br. The molecule has 17 heavy (non-hydrogen) atoms. The number of benzene rings is 1. The number of carbonyl (C=O) groups is 2. The Bertz CT molecular complexity index is 488. The van der Waals surface area contributed by atoms with Gasteiger partial charge in [0.15, 0.2) is 0 Å². The maximum atomic E-state index is 11.2. The number of esters is 1. The van der Waals surface area contributed by atoms with E-state index in [-0.39, 0.29) is 11.4 Å². The van der Waals surface area contributed by atoms with Crippen LogP contribution in [0, 0.1) is 10.1 Å². The van der Waals surface area contributed by atoms with Crippen LogP contribution in [0.3, 0.4) is 0 Å². The van der Waals surface area contributed by atoms with Gasteiger partial charge in [0, 0.05) is 16.6 Å².